The fraction of sp³-hybridized carbons (Fsp3) is 0.759. The Balaban J connectivity index is 1.01. The Bertz CT molecular complexity index is 832. The summed E-state index contributed by atoms with van der Waals surface area (Å²) in [6.07, 6.45) is 17.7. The van der Waals surface area contributed by atoms with Crippen LogP contribution in [0.5, 0.6) is 0 Å². The van der Waals surface area contributed by atoms with Crippen LogP contribution in [0.25, 0.3) is 0 Å². The fourth-order valence-electron chi connectivity index (χ4n) is 10.6. The van der Waals surface area contributed by atoms with Crippen molar-refractivity contribution >= 4 is 23.0 Å². The van der Waals surface area contributed by atoms with E-state index < -0.39 is 0 Å². The molecule has 3 heteroatoms. The molecule has 8 saturated carbocycles. The molecule has 1 aromatic rings. The maximum Gasteiger partial charge on any atom is 0.171 e. The molecule has 32 heavy (non-hydrogen) atoms. The molecule has 2 nitrogen and oxygen atoms in total. The van der Waals surface area contributed by atoms with Crippen LogP contribution < -0.4 is 10.6 Å². The van der Waals surface area contributed by atoms with Gasteiger partial charge in [0.15, 0.2) is 5.11 Å². The van der Waals surface area contributed by atoms with Crippen molar-refractivity contribution in [3.8, 4) is 0 Å². The molecule has 0 amide bonds. The topological polar surface area (TPSA) is 24.1 Å². The number of hydrogen-bond acceptors (Lipinski definition) is 1. The molecular formula is C29H40N2S. The van der Waals surface area contributed by atoms with Gasteiger partial charge in [0.25, 0.3) is 0 Å². The van der Waals surface area contributed by atoms with Gasteiger partial charge in [0.2, 0.25) is 0 Å². The van der Waals surface area contributed by atoms with Crippen molar-refractivity contribution in [1.29, 1.82) is 0 Å². The lowest BCUT2D eigenvalue weighted by atomic mass is 9.48. The van der Waals surface area contributed by atoms with Crippen LogP contribution >= 0.6 is 12.2 Å². The van der Waals surface area contributed by atoms with Gasteiger partial charge < -0.3 is 10.6 Å². The second kappa shape index (κ2) is 7.20. The number of rotatable bonds is 4. The highest BCUT2D eigenvalue weighted by atomic mass is 32.1. The quantitative estimate of drug-likeness (QED) is 0.483. The SMILES string of the molecule is CC(NC(=S)Nc1ccc(C23CC4CC(CC(C4)C2)C3)cc1)C12CC3CC(CC(C3)C1)C2. The van der Waals surface area contributed by atoms with Gasteiger partial charge in [-0.15, -0.1) is 0 Å². The minimum Gasteiger partial charge on any atom is -0.359 e. The summed E-state index contributed by atoms with van der Waals surface area (Å²) in [6, 6.07) is 9.89. The normalized spacial score (nSPS) is 46.3. The lowest BCUT2D eigenvalue weighted by molar-refractivity contribution is -0.0671. The third-order valence-electron chi connectivity index (χ3n) is 11.1. The highest BCUT2D eigenvalue weighted by molar-refractivity contribution is 7.80. The van der Waals surface area contributed by atoms with Crippen LogP contribution in [0.4, 0.5) is 5.69 Å². The minimum atomic E-state index is 0.474. The maximum absolute atomic E-state index is 5.79. The minimum absolute atomic E-state index is 0.474. The Hall–Kier alpha value is -1.09. The molecule has 0 saturated heterocycles. The molecule has 0 aromatic heterocycles. The van der Waals surface area contributed by atoms with Gasteiger partial charge in [-0.2, -0.15) is 0 Å². The van der Waals surface area contributed by atoms with Crippen molar-refractivity contribution in [2.75, 3.05) is 5.32 Å². The van der Waals surface area contributed by atoms with Crippen molar-refractivity contribution < 1.29 is 0 Å². The van der Waals surface area contributed by atoms with Crippen LogP contribution in [-0.4, -0.2) is 11.2 Å². The van der Waals surface area contributed by atoms with E-state index in [4.69, 9.17) is 12.2 Å². The molecular weight excluding hydrogens is 408 g/mol. The molecule has 172 valence electrons. The van der Waals surface area contributed by atoms with Crippen molar-refractivity contribution in [3.63, 3.8) is 0 Å². The van der Waals surface area contributed by atoms with E-state index in [9.17, 15) is 0 Å². The molecule has 8 aliphatic carbocycles. The first-order valence-corrected chi connectivity index (χ1v) is 14.1. The molecule has 8 bridgehead atoms. The molecule has 0 aliphatic heterocycles. The number of anilines is 1. The second-order valence-corrected chi connectivity index (χ2v) is 13.8. The fourth-order valence-corrected chi connectivity index (χ4v) is 10.9. The summed E-state index contributed by atoms with van der Waals surface area (Å²) in [5, 5.41) is 8.07. The van der Waals surface area contributed by atoms with Crippen LogP contribution in [0, 0.1) is 40.9 Å². The summed E-state index contributed by atoms with van der Waals surface area (Å²) >= 11 is 5.79. The van der Waals surface area contributed by atoms with E-state index in [-0.39, 0.29) is 0 Å². The Kier molecular flexibility index (Phi) is 4.57. The van der Waals surface area contributed by atoms with E-state index in [0.29, 0.717) is 16.9 Å². The van der Waals surface area contributed by atoms with E-state index >= 15 is 0 Å². The average Bonchev–Trinajstić information content (AvgIpc) is 2.72. The van der Waals surface area contributed by atoms with Gasteiger partial charge in [0, 0.05) is 11.7 Å². The predicted octanol–water partition coefficient (Wildman–Crippen LogP) is 7.05. The van der Waals surface area contributed by atoms with Crippen LogP contribution in [0.3, 0.4) is 0 Å². The molecule has 0 spiro atoms. The lowest BCUT2D eigenvalue weighted by Crippen LogP contribution is -2.56. The number of nitrogens with one attached hydrogen (secondary N) is 2. The summed E-state index contributed by atoms with van der Waals surface area (Å²) in [6.45, 7) is 2.40. The smallest absolute Gasteiger partial charge is 0.171 e. The van der Waals surface area contributed by atoms with Gasteiger partial charge in [-0.25, -0.2) is 0 Å². The number of thiocarbonyl (C=S) groups is 1. The van der Waals surface area contributed by atoms with Gasteiger partial charge in [-0.1, -0.05) is 12.1 Å². The molecule has 1 unspecified atom stereocenters. The molecule has 0 heterocycles. The molecule has 1 atom stereocenters. The van der Waals surface area contributed by atoms with Crippen molar-refractivity contribution in [2.45, 2.75) is 95.4 Å². The highest BCUT2D eigenvalue weighted by Crippen LogP contribution is 2.62. The van der Waals surface area contributed by atoms with Gasteiger partial charge >= 0.3 is 0 Å². The van der Waals surface area contributed by atoms with Gasteiger partial charge in [-0.05, 0) is 160 Å². The van der Waals surface area contributed by atoms with Gasteiger partial charge in [0.1, 0.15) is 0 Å². The summed E-state index contributed by atoms with van der Waals surface area (Å²) in [5.74, 6) is 5.98. The first-order chi connectivity index (χ1) is 15.5. The van der Waals surface area contributed by atoms with Crippen LogP contribution in [0.15, 0.2) is 24.3 Å². The zero-order valence-electron chi connectivity index (χ0n) is 19.7. The lowest BCUT2D eigenvalue weighted by Gasteiger charge is -2.59. The van der Waals surface area contributed by atoms with Crippen LogP contribution in [0.2, 0.25) is 0 Å². The van der Waals surface area contributed by atoms with Gasteiger partial charge in [-0.3, -0.25) is 0 Å². The zero-order chi connectivity index (χ0) is 21.5. The van der Waals surface area contributed by atoms with Gasteiger partial charge in [0.05, 0.1) is 0 Å². The first-order valence-electron chi connectivity index (χ1n) is 13.6. The van der Waals surface area contributed by atoms with Crippen LogP contribution in [-0.2, 0) is 5.41 Å². The molecule has 0 radical (unpaired) electrons. The van der Waals surface area contributed by atoms with E-state index in [2.05, 4.69) is 41.8 Å². The maximum atomic E-state index is 5.79. The Morgan fingerprint density at radius 3 is 1.66 bits per heavy atom. The van der Waals surface area contributed by atoms with E-state index in [1.54, 1.807) is 5.56 Å². The molecule has 8 fully saturated rings. The van der Waals surface area contributed by atoms with E-state index in [1.807, 2.05) is 0 Å². The molecule has 9 rings (SSSR count). The van der Waals surface area contributed by atoms with Crippen molar-refractivity contribution in [2.24, 2.45) is 40.9 Å². The largest absolute Gasteiger partial charge is 0.359 e. The van der Waals surface area contributed by atoms with E-state index in [1.165, 1.54) is 77.0 Å². The standard InChI is InChI=1S/C29H40N2S/c1-18(28-12-19-6-20(13-28)8-21(7-19)14-28)30-27(32)31-26-4-2-25(3-5-26)29-15-22-9-23(16-29)11-24(10-22)17-29/h2-5,18-24H,6-17H2,1H3,(H2,30,31,32). The molecule has 2 N–H and O–H groups in total. The Morgan fingerprint density at radius 2 is 1.19 bits per heavy atom. The summed E-state index contributed by atoms with van der Waals surface area (Å²) in [5.41, 5.74) is 3.72. The average molecular weight is 449 g/mol. The number of hydrogen-bond donors (Lipinski definition) is 2. The first kappa shape index (κ1) is 20.3. The highest BCUT2D eigenvalue weighted by Gasteiger charge is 2.53. The number of benzene rings is 1. The molecule has 1 aromatic carbocycles. The Morgan fingerprint density at radius 1 is 0.750 bits per heavy atom. The zero-order valence-corrected chi connectivity index (χ0v) is 20.6. The van der Waals surface area contributed by atoms with E-state index in [0.717, 1.165) is 46.3 Å². The Labute approximate surface area is 199 Å². The predicted molar refractivity (Wildman–Crippen MR) is 136 cm³/mol. The monoisotopic (exact) mass is 448 g/mol. The van der Waals surface area contributed by atoms with Crippen molar-refractivity contribution in [3.05, 3.63) is 29.8 Å². The van der Waals surface area contributed by atoms with Crippen LogP contribution in [0.1, 0.15) is 89.5 Å². The molecule has 8 aliphatic rings. The summed E-state index contributed by atoms with van der Waals surface area (Å²) < 4.78 is 0. The summed E-state index contributed by atoms with van der Waals surface area (Å²) in [4.78, 5) is 0. The second-order valence-electron chi connectivity index (χ2n) is 13.4. The third-order valence-corrected chi connectivity index (χ3v) is 11.4. The summed E-state index contributed by atoms with van der Waals surface area (Å²) in [7, 11) is 0. The van der Waals surface area contributed by atoms with Crippen molar-refractivity contribution in [1.82, 2.24) is 5.32 Å². The third kappa shape index (κ3) is 3.28.